The van der Waals surface area contributed by atoms with Crippen molar-refractivity contribution in [2.75, 3.05) is 37.7 Å². The third kappa shape index (κ3) is 6.22. The van der Waals surface area contributed by atoms with Crippen LogP contribution in [0.15, 0.2) is 80.8 Å². The number of H-pyrrole nitrogens is 1. The van der Waals surface area contributed by atoms with E-state index in [1.807, 2.05) is 54.8 Å². The van der Waals surface area contributed by atoms with E-state index in [0.717, 1.165) is 29.3 Å². The molecule has 1 saturated carbocycles. The molecule has 3 fully saturated rings. The average molecular weight is 841 g/mol. The second-order valence-corrected chi connectivity index (χ2v) is 17.5. The highest BCUT2D eigenvalue weighted by Crippen LogP contribution is 2.56. The van der Waals surface area contributed by atoms with Gasteiger partial charge in [0.15, 0.2) is 5.82 Å². The van der Waals surface area contributed by atoms with E-state index in [1.165, 1.54) is 15.0 Å². The highest BCUT2D eigenvalue weighted by Gasteiger charge is 2.59. The Morgan fingerprint density at radius 1 is 0.952 bits per heavy atom. The van der Waals surface area contributed by atoms with Gasteiger partial charge in [-0.1, -0.05) is 48.5 Å². The number of benzene rings is 3. The molecule has 3 amide bonds. The minimum absolute atomic E-state index is 0.0173. The fraction of sp³-hybridized carbons (Fsp3) is 0.404. The van der Waals surface area contributed by atoms with E-state index < -0.39 is 17.3 Å². The van der Waals surface area contributed by atoms with E-state index in [1.54, 1.807) is 35.8 Å². The van der Waals surface area contributed by atoms with Crippen LogP contribution >= 0.6 is 0 Å². The second-order valence-electron chi connectivity index (χ2n) is 17.5. The van der Waals surface area contributed by atoms with E-state index >= 15 is 9.18 Å². The molecule has 15 heteroatoms. The summed E-state index contributed by atoms with van der Waals surface area (Å²) in [5, 5.41) is 5.04. The molecule has 4 aliphatic rings. The minimum atomic E-state index is -0.834. The van der Waals surface area contributed by atoms with Crippen LogP contribution in [0.4, 0.5) is 15.1 Å². The molecule has 1 N–H and O–H groups in total. The molecular formula is C47H49FN8O6. The quantitative estimate of drug-likeness (QED) is 0.171. The Bertz CT molecular complexity index is 2870. The van der Waals surface area contributed by atoms with Crippen molar-refractivity contribution in [3.8, 4) is 5.69 Å². The van der Waals surface area contributed by atoms with Crippen LogP contribution in [0.5, 0.6) is 0 Å². The smallest absolute Gasteiger partial charge is 0.381 e. The molecular weight excluding hydrogens is 792 g/mol. The normalized spacial score (nSPS) is 22.1. The Hall–Kier alpha value is -6.35. The summed E-state index contributed by atoms with van der Waals surface area (Å²) in [6, 6.07) is 20.0. The monoisotopic (exact) mass is 840 g/mol. The van der Waals surface area contributed by atoms with Crippen LogP contribution in [0.25, 0.3) is 16.6 Å². The summed E-state index contributed by atoms with van der Waals surface area (Å²) in [5.74, 6) is -0.486. The number of halogens is 1. The van der Waals surface area contributed by atoms with Crippen molar-refractivity contribution in [1.82, 2.24) is 34.1 Å². The topological polar surface area (TPSA) is 152 Å². The van der Waals surface area contributed by atoms with Gasteiger partial charge in [0.1, 0.15) is 17.1 Å². The number of fused-ring (bicyclic) bond motifs is 2. The van der Waals surface area contributed by atoms with Gasteiger partial charge in [-0.25, -0.2) is 23.5 Å². The Balaban J connectivity index is 1.08. The van der Waals surface area contributed by atoms with Crippen molar-refractivity contribution in [1.29, 1.82) is 0 Å². The molecule has 0 unspecified atom stereocenters. The number of aromatic nitrogens is 5. The van der Waals surface area contributed by atoms with Gasteiger partial charge >= 0.3 is 11.8 Å². The lowest BCUT2D eigenvalue weighted by atomic mass is 9.91. The molecule has 320 valence electrons. The average Bonchev–Trinajstić information content (AvgIpc) is 3.60. The van der Waals surface area contributed by atoms with Crippen LogP contribution in [0, 0.1) is 25.6 Å². The number of nitrogens with zero attached hydrogens (tertiary/aromatic N) is 7. The van der Waals surface area contributed by atoms with Gasteiger partial charge in [0.05, 0.1) is 23.5 Å². The maximum Gasteiger partial charge on any atom is 0.438 e. The Morgan fingerprint density at radius 2 is 1.68 bits per heavy atom. The van der Waals surface area contributed by atoms with E-state index in [-0.39, 0.29) is 60.7 Å². The standard InChI is InChI=1S/C47H49FN8O6/c1-26-21-35(22-27(2)39(26)48)55-41(57)36-13-16-52(30(5)40(36)49-44(55)54-18-17-53(46(54)60)29(4)31-9-7-6-8-10-31)42(58)38-24-34-23-33(32-14-19-61-20-15-32)11-12-37(34)56(38)47(25-28(47)3)43-50-45(59)62-51-43/h6-12,21-24,28-30,32H,13-20,25H2,1-5H3,(H,50,51,59)/t28-,29+,30-,47-/m0/s1. The summed E-state index contributed by atoms with van der Waals surface area (Å²) in [5.41, 5.74) is 4.16. The molecule has 3 aromatic heterocycles. The van der Waals surface area contributed by atoms with Gasteiger partial charge in [0, 0.05) is 49.3 Å². The number of ether oxygens (including phenoxy) is 1. The zero-order valence-electron chi connectivity index (χ0n) is 35.5. The van der Waals surface area contributed by atoms with Gasteiger partial charge in [0.2, 0.25) is 5.95 Å². The fourth-order valence-electron chi connectivity index (χ4n) is 10.3. The van der Waals surface area contributed by atoms with Crippen molar-refractivity contribution >= 4 is 28.8 Å². The van der Waals surface area contributed by atoms with E-state index in [9.17, 15) is 14.4 Å². The highest BCUT2D eigenvalue weighted by atomic mass is 19.1. The number of rotatable bonds is 8. The van der Waals surface area contributed by atoms with Crippen molar-refractivity contribution in [2.45, 2.75) is 83.8 Å². The molecule has 62 heavy (non-hydrogen) atoms. The molecule has 14 nitrogen and oxygen atoms in total. The lowest BCUT2D eigenvalue weighted by molar-refractivity contribution is 0.0658. The molecule has 0 bridgehead atoms. The number of carbonyl (C=O) groups excluding carboxylic acids is 2. The number of carbonyl (C=O) groups is 2. The van der Waals surface area contributed by atoms with Crippen LogP contribution in [-0.2, 0) is 16.7 Å². The van der Waals surface area contributed by atoms with Gasteiger partial charge < -0.3 is 19.1 Å². The minimum Gasteiger partial charge on any atom is -0.381 e. The Labute approximate surface area is 356 Å². The van der Waals surface area contributed by atoms with Crippen molar-refractivity contribution < 1.29 is 23.2 Å². The first-order valence-electron chi connectivity index (χ1n) is 21.5. The van der Waals surface area contributed by atoms with Crippen molar-refractivity contribution in [3.63, 3.8) is 0 Å². The molecule has 4 atom stereocenters. The van der Waals surface area contributed by atoms with E-state index in [4.69, 9.17) is 14.2 Å². The third-order valence-electron chi connectivity index (χ3n) is 13.9. The van der Waals surface area contributed by atoms with Crippen LogP contribution in [-0.4, -0.2) is 78.8 Å². The summed E-state index contributed by atoms with van der Waals surface area (Å²) in [7, 11) is 0. The first kappa shape index (κ1) is 39.8. The number of amides is 3. The number of hydrogen-bond acceptors (Lipinski definition) is 8. The van der Waals surface area contributed by atoms with E-state index in [0.29, 0.717) is 71.7 Å². The predicted octanol–water partition coefficient (Wildman–Crippen LogP) is 7.06. The van der Waals surface area contributed by atoms with Gasteiger partial charge in [0.25, 0.3) is 11.5 Å². The Morgan fingerprint density at radius 3 is 2.35 bits per heavy atom. The number of anilines is 1. The largest absolute Gasteiger partial charge is 0.438 e. The first-order valence-corrected chi connectivity index (χ1v) is 21.5. The molecule has 1 aliphatic carbocycles. The molecule has 10 rings (SSSR count). The number of aromatic amines is 1. The summed E-state index contributed by atoms with van der Waals surface area (Å²) in [4.78, 5) is 70.0. The second kappa shape index (κ2) is 14.9. The molecule has 2 saturated heterocycles. The number of hydrogen-bond donors (Lipinski definition) is 1. The summed E-state index contributed by atoms with van der Waals surface area (Å²) in [6.07, 6.45) is 2.65. The molecule has 0 spiro atoms. The molecule has 3 aliphatic heterocycles. The lowest BCUT2D eigenvalue weighted by Crippen LogP contribution is -2.45. The van der Waals surface area contributed by atoms with Crippen LogP contribution in [0.1, 0.15) is 108 Å². The van der Waals surface area contributed by atoms with Crippen molar-refractivity contribution in [3.05, 3.63) is 138 Å². The molecule has 3 aromatic carbocycles. The molecule has 6 aromatic rings. The van der Waals surface area contributed by atoms with E-state index in [2.05, 4.69) is 35.3 Å². The predicted molar refractivity (Wildman–Crippen MR) is 229 cm³/mol. The van der Waals surface area contributed by atoms with Crippen LogP contribution in [0.3, 0.4) is 0 Å². The van der Waals surface area contributed by atoms with Gasteiger partial charge in [-0.3, -0.25) is 24.0 Å². The molecule has 6 heterocycles. The summed E-state index contributed by atoms with van der Waals surface area (Å²) >= 11 is 0. The third-order valence-corrected chi connectivity index (χ3v) is 13.9. The number of aryl methyl sites for hydroxylation is 2. The highest BCUT2D eigenvalue weighted by molar-refractivity contribution is 6.00. The SMILES string of the molecule is Cc1cc(-n2c(N3CCN([C@H](C)c4ccccc4)C3=O)nc3c(c2=O)CCN(C(=O)c2cc4cc(C5CCOCC5)ccc4n2[C@@]2(c4noc(=O)[nH]4)C[C@@H]2C)[C@H]3C)cc(C)c1F. The number of nitrogens with one attached hydrogen (secondary N) is 1. The van der Waals surface area contributed by atoms with Gasteiger partial charge in [-0.15, -0.1) is 0 Å². The van der Waals surface area contributed by atoms with Crippen LogP contribution < -0.4 is 16.2 Å². The zero-order valence-corrected chi connectivity index (χ0v) is 35.5. The lowest BCUT2D eigenvalue weighted by Gasteiger charge is -2.36. The van der Waals surface area contributed by atoms with Gasteiger partial charge in [-0.05, 0) is 118 Å². The number of urea groups is 1. The summed E-state index contributed by atoms with van der Waals surface area (Å²) < 4.78 is 29.1. The fourth-order valence-corrected chi connectivity index (χ4v) is 10.3. The maximum absolute atomic E-state index is 15.3. The maximum atomic E-state index is 15.3. The van der Waals surface area contributed by atoms with Gasteiger partial charge in [-0.2, -0.15) is 0 Å². The van der Waals surface area contributed by atoms with Crippen molar-refractivity contribution in [2.24, 2.45) is 5.92 Å². The Kier molecular flexibility index (Phi) is 9.57. The summed E-state index contributed by atoms with van der Waals surface area (Å²) in [6.45, 7) is 11.5. The molecule has 0 radical (unpaired) electrons. The van der Waals surface area contributed by atoms with Crippen LogP contribution in [0.2, 0.25) is 0 Å². The first-order chi connectivity index (χ1) is 29.9. The zero-order chi connectivity index (χ0) is 43.2.